The first-order valence-corrected chi connectivity index (χ1v) is 6.66. The number of nitrogens with one attached hydrogen (secondary N) is 1. The number of ether oxygens (including phenoxy) is 1. The van der Waals surface area contributed by atoms with Crippen molar-refractivity contribution in [2.75, 3.05) is 14.2 Å². The van der Waals surface area contributed by atoms with Crippen LogP contribution in [0.5, 0.6) is 5.88 Å². The van der Waals surface area contributed by atoms with Crippen molar-refractivity contribution in [3.63, 3.8) is 0 Å². The van der Waals surface area contributed by atoms with Crippen LogP contribution in [0, 0.1) is 0 Å². The third kappa shape index (κ3) is 3.10. The van der Waals surface area contributed by atoms with E-state index in [1.54, 1.807) is 11.8 Å². The van der Waals surface area contributed by atoms with Crippen LogP contribution in [0.3, 0.4) is 0 Å². The Morgan fingerprint density at radius 1 is 1.47 bits per heavy atom. The predicted octanol–water partition coefficient (Wildman–Crippen LogP) is 1.48. The largest absolute Gasteiger partial charge is 0.481 e. The fourth-order valence-electron chi connectivity index (χ4n) is 1.93. The molecule has 6 nitrogen and oxygen atoms in total. The summed E-state index contributed by atoms with van der Waals surface area (Å²) in [6, 6.07) is 3.98. The van der Waals surface area contributed by atoms with E-state index < -0.39 is 0 Å². The monoisotopic (exact) mass is 325 g/mol. The second kappa shape index (κ2) is 6.12. The Hall–Kier alpha value is -1.47. The summed E-state index contributed by atoms with van der Waals surface area (Å²) in [5.41, 5.74) is 2.13. The Labute approximate surface area is 120 Å². The van der Waals surface area contributed by atoms with Crippen molar-refractivity contribution in [2.24, 2.45) is 7.05 Å². The van der Waals surface area contributed by atoms with Crippen LogP contribution in [0.4, 0.5) is 0 Å². The highest BCUT2D eigenvalue weighted by Crippen LogP contribution is 2.23. The highest BCUT2D eigenvalue weighted by atomic mass is 79.9. The molecule has 102 valence electrons. The van der Waals surface area contributed by atoms with Crippen molar-refractivity contribution in [1.29, 1.82) is 0 Å². The molecule has 0 aliphatic rings. The van der Waals surface area contributed by atoms with Crippen LogP contribution in [0.25, 0.3) is 0 Å². The van der Waals surface area contributed by atoms with Crippen LogP contribution in [0.2, 0.25) is 0 Å². The second-order valence-electron chi connectivity index (χ2n) is 4.14. The van der Waals surface area contributed by atoms with E-state index in [-0.39, 0.29) is 6.04 Å². The number of likely N-dealkylation sites (N-methyl/N-ethyl adjacent to an activating group) is 1. The highest BCUT2D eigenvalue weighted by molar-refractivity contribution is 9.10. The molecule has 7 heteroatoms. The summed E-state index contributed by atoms with van der Waals surface area (Å²) >= 11 is 3.42. The Morgan fingerprint density at radius 2 is 2.26 bits per heavy atom. The molecule has 0 saturated carbocycles. The molecule has 0 aliphatic heterocycles. The molecule has 0 aliphatic carbocycles. The van der Waals surface area contributed by atoms with E-state index >= 15 is 0 Å². The fourth-order valence-corrected chi connectivity index (χ4v) is 2.54. The molecule has 1 unspecified atom stereocenters. The van der Waals surface area contributed by atoms with Gasteiger partial charge in [0.15, 0.2) is 4.60 Å². The first kappa shape index (κ1) is 14.0. The number of halogens is 1. The summed E-state index contributed by atoms with van der Waals surface area (Å²) < 4.78 is 7.58. The predicted molar refractivity (Wildman–Crippen MR) is 75.0 cm³/mol. The van der Waals surface area contributed by atoms with Gasteiger partial charge >= 0.3 is 0 Å². The van der Waals surface area contributed by atoms with Crippen LogP contribution in [0.15, 0.2) is 22.9 Å². The van der Waals surface area contributed by atoms with E-state index in [1.165, 1.54) is 0 Å². The molecule has 0 amide bonds. The molecule has 0 aromatic carbocycles. The smallest absolute Gasteiger partial charge is 0.212 e. The lowest BCUT2D eigenvalue weighted by atomic mass is 10.1. The number of hydrogen-bond acceptors (Lipinski definition) is 5. The molecule has 1 N–H and O–H groups in total. The van der Waals surface area contributed by atoms with Crippen molar-refractivity contribution in [3.05, 3.63) is 34.2 Å². The SMILES string of the molecule is CNC(Cc1ccc(OC)nc1)c1c(Br)nnn1C. The molecule has 1 atom stereocenters. The van der Waals surface area contributed by atoms with Crippen LogP contribution >= 0.6 is 15.9 Å². The summed E-state index contributed by atoms with van der Waals surface area (Å²) in [6.45, 7) is 0. The van der Waals surface area contributed by atoms with Crippen molar-refractivity contribution < 1.29 is 4.74 Å². The van der Waals surface area contributed by atoms with Crippen molar-refractivity contribution >= 4 is 15.9 Å². The Bertz CT molecular complexity index is 520. The van der Waals surface area contributed by atoms with E-state index in [4.69, 9.17) is 4.74 Å². The molecular formula is C12H16BrN5O. The third-order valence-electron chi connectivity index (χ3n) is 2.95. The third-order valence-corrected chi connectivity index (χ3v) is 3.52. The van der Waals surface area contributed by atoms with Crippen LogP contribution in [-0.2, 0) is 13.5 Å². The second-order valence-corrected chi connectivity index (χ2v) is 4.89. The van der Waals surface area contributed by atoms with Crippen molar-refractivity contribution in [3.8, 4) is 5.88 Å². The van der Waals surface area contributed by atoms with Crippen LogP contribution in [0.1, 0.15) is 17.3 Å². The van der Waals surface area contributed by atoms with Gasteiger partial charge in [0.2, 0.25) is 5.88 Å². The quantitative estimate of drug-likeness (QED) is 0.902. The maximum Gasteiger partial charge on any atom is 0.212 e. The molecule has 2 aromatic rings. The van der Waals surface area contributed by atoms with E-state index in [2.05, 4.69) is 36.5 Å². The molecule has 19 heavy (non-hydrogen) atoms. The normalized spacial score (nSPS) is 12.4. The zero-order chi connectivity index (χ0) is 13.8. The van der Waals surface area contributed by atoms with Crippen molar-refractivity contribution in [1.82, 2.24) is 25.3 Å². The Morgan fingerprint density at radius 3 is 2.74 bits per heavy atom. The molecule has 2 aromatic heterocycles. The van der Waals surface area contributed by atoms with Gasteiger partial charge < -0.3 is 10.1 Å². The van der Waals surface area contributed by atoms with Gasteiger partial charge in [0, 0.05) is 19.3 Å². The average Bonchev–Trinajstić information content (AvgIpc) is 2.76. The van der Waals surface area contributed by atoms with Gasteiger partial charge in [-0.05, 0) is 35.0 Å². The van der Waals surface area contributed by atoms with Gasteiger partial charge in [0.1, 0.15) is 0 Å². The molecule has 2 heterocycles. The number of nitrogens with zero attached hydrogens (tertiary/aromatic N) is 4. The lowest BCUT2D eigenvalue weighted by molar-refractivity contribution is 0.397. The minimum Gasteiger partial charge on any atom is -0.481 e. The minimum atomic E-state index is 0.115. The lowest BCUT2D eigenvalue weighted by Gasteiger charge is -2.16. The van der Waals surface area contributed by atoms with Gasteiger partial charge in [0.25, 0.3) is 0 Å². The average molecular weight is 326 g/mol. The minimum absolute atomic E-state index is 0.115. The molecule has 0 saturated heterocycles. The molecule has 0 bridgehead atoms. The zero-order valence-corrected chi connectivity index (χ0v) is 12.7. The van der Waals surface area contributed by atoms with Gasteiger partial charge in [-0.25, -0.2) is 9.67 Å². The van der Waals surface area contributed by atoms with Gasteiger partial charge in [-0.2, -0.15) is 0 Å². The van der Waals surface area contributed by atoms with E-state index in [1.807, 2.05) is 32.4 Å². The fraction of sp³-hybridized carbons (Fsp3) is 0.417. The molecular weight excluding hydrogens is 310 g/mol. The van der Waals surface area contributed by atoms with E-state index in [9.17, 15) is 0 Å². The van der Waals surface area contributed by atoms with Gasteiger partial charge in [-0.3, -0.25) is 0 Å². The number of hydrogen-bond donors (Lipinski definition) is 1. The van der Waals surface area contributed by atoms with Crippen LogP contribution in [-0.4, -0.2) is 34.1 Å². The summed E-state index contributed by atoms with van der Waals surface area (Å²) in [4.78, 5) is 4.21. The number of aryl methyl sites for hydroxylation is 1. The molecule has 0 fully saturated rings. The summed E-state index contributed by atoms with van der Waals surface area (Å²) in [5, 5.41) is 11.3. The zero-order valence-electron chi connectivity index (χ0n) is 11.1. The number of methoxy groups -OCH3 is 1. The van der Waals surface area contributed by atoms with E-state index in [0.29, 0.717) is 5.88 Å². The molecule has 0 radical (unpaired) electrons. The Balaban J connectivity index is 2.19. The van der Waals surface area contributed by atoms with Gasteiger partial charge in [-0.1, -0.05) is 11.3 Å². The van der Waals surface area contributed by atoms with Gasteiger partial charge in [0.05, 0.1) is 18.8 Å². The van der Waals surface area contributed by atoms with Crippen LogP contribution < -0.4 is 10.1 Å². The summed E-state index contributed by atoms with van der Waals surface area (Å²) in [7, 11) is 5.40. The summed E-state index contributed by atoms with van der Waals surface area (Å²) in [6.07, 6.45) is 2.62. The number of rotatable bonds is 5. The Kier molecular flexibility index (Phi) is 4.49. The highest BCUT2D eigenvalue weighted by Gasteiger charge is 2.19. The first-order valence-electron chi connectivity index (χ1n) is 5.87. The maximum absolute atomic E-state index is 5.05. The topological polar surface area (TPSA) is 64.9 Å². The van der Waals surface area contributed by atoms with Gasteiger partial charge in [-0.15, -0.1) is 5.10 Å². The number of aromatic nitrogens is 4. The molecule has 0 spiro atoms. The number of pyridine rings is 1. The standard InChI is InChI=1S/C12H16BrN5O/c1-14-9(11-12(13)16-17-18(11)2)6-8-4-5-10(19-3)15-7-8/h4-5,7,9,14H,6H2,1-3H3. The van der Waals surface area contributed by atoms with E-state index in [0.717, 1.165) is 22.3 Å². The molecule has 2 rings (SSSR count). The summed E-state index contributed by atoms with van der Waals surface area (Å²) in [5.74, 6) is 0.619. The maximum atomic E-state index is 5.05. The lowest BCUT2D eigenvalue weighted by Crippen LogP contribution is -2.22. The van der Waals surface area contributed by atoms with Crippen molar-refractivity contribution in [2.45, 2.75) is 12.5 Å². The first-order chi connectivity index (χ1) is 9.15.